The van der Waals surface area contributed by atoms with E-state index < -0.39 is 29.6 Å². The van der Waals surface area contributed by atoms with E-state index in [-0.39, 0.29) is 27.6 Å². The summed E-state index contributed by atoms with van der Waals surface area (Å²) in [4.78, 5) is 23.8. The summed E-state index contributed by atoms with van der Waals surface area (Å²) in [7, 11) is 0. The zero-order chi connectivity index (χ0) is 21.8. The van der Waals surface area contributed by atoms with Crippen LogP contribution in [0.2, 0.25) is 5.02 Å². The van der Waals surface area contributed by atoms with Crippen molar-refractivity contribution in [3.63, 3.8) is 0 Å². The zero-order valence-electron chi connectivity index (χ0n) is 15.7. The van der Waals surface area contributed by atoms with E-state index in [9.17, 15) is 18.4 Å². The predicted octanol–water partition coefficient (Wildman–Crippen LogP) is 5.60. The number of carboxylic acid groups (broad SMARTS) is 1. The molecule has 0 saturated heterocycles. The van der Waals surface area contributed by atoms with Crippen molar-refractivity contribution < 1.29 is 28.2 Å². The lowest BCUT2D eigenvalue weighted by Crippen LogP contribution is -2.27. The van der Waals surface area contributed by atoms with Gasteiger partial charge in [-0.25, -0.2) is 13.6 Å². The molecule has 0 fully saturated rings. The fourth-order valence-electron chi connectivity index (χ4n) is 2.71. The van der Waals surface area contributed by atoms with Gasteiger partial charge in [0.05, 0.1) is 17.2 Å². The number of halogens is 3. The highest BCUT2D eigenvalue weighted by Crippen LogP contribution is 2.29. The summed E-state index contributed by atoms with van der Waals surface area (Å²) >= 11 is 6.01. The smallest absolute Gasteiger partial charge is 0.335 e. The van der Waals surface area contributed by atoms with Gasteiger partial charge >= 0.3 is 5.97 Å². The summed E-state index contributed by atoms with van der Waals surface area (Å²) in [5, 5.41) is 12.0. The Labute approximate surface area is 175 Å². The molecule has 0 unspecified atom stereocenters. The van der Waals surface area contributed by atoms with Gasteiger partial charge in [-0.15, -0.1) is 0 Å². The molecule has 30 heavy (non-hydrogen) atoms. The number of rotatable bonds is 6. The lowest BCUT2D eigenvalue weighted by Gasteiger charge is -2.17. The van der Waals surface area contributed by atoms with E-state index in [0.717, 1.165) is 12.1 Å². The van der Waals surface area contributed by atoms with Crippen molar-refractivity contribution in [3.8, 4) is 11.5 Å². The van der Waals surface area contributed by atoms with E-state index in [1.54, 1.807) is 19.1 Å². The number of amides is 1. The van der Waals surface area contributed by atoms with Gasteiger partial charge in [-0.05, 0) is 55.0 Å². The first-order valence-corrected chi connectivity index (χ1v) is 9.19. The van der Waals surface area contributed by atoms with Crippen LogP contribution in [-0.2, 0) is 0 Å². The fraction of sp³-hybridized carbons (Fsp3) is 0.0909. The molecule has 0 aliphatic carbocycles. The summed E-state index contributed by atoms with van der Waals surface area (Å²) in [6.07, 6.45) is 0. The minimum Gasteiger partial charge on any atom is -0.478 e. The molecule has 0 aliphatic heterocycles. The second kappa shape index (κ2) is 8.92. The molecule has 8 heteroatoms. The van der Waals surface area contributed by atoms with Crippen LogP contribution in [0, 0.1) is 11.6 Å². The van der Waals surface area contributed by atoms with Gasteiger partial charge in [-0.3, -0.25) is 4.79 Å². The van der Waals surface area contributed by atoms with E-state index in [1.165, 1.54) is 36.4 Å². The molecule has 3 aromatic rings. The molecule has 3 rings (SSSR count). The van der Waals surface area contributed by atoms with Crippen LogP contribution in [0.25, 0.3) is 0 Å². The maximum Gasteiger partial charge on any atom is 0.335 e. The molecule has 5 nitrogen and oxygen atoms in total. The first kappa shape index (κ1) is 21.3. The van der Waals surface area contributed by atoms with Gasteiger partial charge in [0.1, 0.15) is 11.5 Å². The van der Waals surface area contributed by atoms with Crippen LogP contribution in [0.3, 0.4) is 0 Å². The van der Waals surface area contributed by atoms with E-state index in [4.69, 9.17) is 21.4 Å². The van der Waals surface area contributed by atoms with E-state index in [1.807, 2.05) is 0 Å². The molecule has 0 spiro atoms. The summed E-state index contributed by atoms with van der Waals surface area (Å²) in [6.45, 7) is 1.73. The van der Waals surface area contributed by atoms with E-state index in [2.05, 4.69) is 5.32 Å². The number of ether oxygens (including phenoxy) is 1. The molecule has 3 aromatic carbocycles. The molecule has 0 aromatic heterocycles. The van der Waals surface area contributed by atoms with Gasteiger partial charge in [-0.1, -0.05) is 23.7 Å². The molecule has 154 valence electrons. The van der Waals surface area contributed by atoms with Gasteiger partial charge in [0.15, 0.2) is 11.6 Å². The molecule has 0 bridgehead atoms. The number of carboxylic acids is 1. The second-order valence-electron chi connectivity index (χ2n) is 6.44. The van der Waals surface area contributed by atoms with Crippen LogP contribution in [0.15, 0.2) is 60.7 Å². The monoisotopic (exact) mass is 431 g/mol. The highest BCUT2D eigenvalue weighted by Gasteiger charge is 2.18. The molecular formula is C22H16ClF2NO4. The van der Waals surface area contributed by atoms with Crippen molar-refractivity contribution in [3.05, 3.63) is 94.0 Å². The van der Waals surface area contributed by atoms with Crippen molar-refractivity contribution in [1.82, 2.24) is 5.32 Å². The third-order valence-corrected chi connectivity index (χ3v) is 4.55. The molecule has 0 saturated carbocycles. The minimum atomic E-state index is -1.08. The largest absolute Gasteiger partial charge is 0.478 e. The Kier molecular flexibility index (Phi) is 6.32. The number of hydrogen-bond acceptors (Lipinski definition) is 3. The van der Waals surface area contributed by atoms with Crippen LogP contribution in [0.4, 0.5) is 8.78 Å². The highest BCUT2D eigenvalue weighted by atomic mass is 35.5. The maximum atomic E-state index is 13.5. The first-order valence-electron chi connectivity index (χ1n) is 8.81. The van der Waals surface area contributed by atoms with Crippen LogP contribution >= 0.6 is 11.6 Å². The SMILES string of the molecule is C[C@H](NC(=O)c1cc(Cl)ccc1Oc1ccc(F)c(F)c1)c1ccc(C(=O)O)cc1. The van der Waals surface area contributed by atoms with Crippen molar-refractivity contribution in [1.29, 1.82) is 0 Å². The lowest BCUT2D eigenvalue weighted by atomic mass is 10.1. The Morgan fingerprint density at radius 3 is 2.33 bits per heavy atom. The van der Waals surface area contributed by atoms with Crippen LogP contribution in [0.5, 0.6) is 11.5 Å². The van der Waals surface area contributed by atoms with Gasteiger partial charge in [-0.2, -0.15) is 0 Å². The summed E-state index contributed by atoms with van der Waals surface area (Å²) < 4.78 is 32.1. The summed E-state index contributed by atoms with van der Waals surface area (Å²) in [5.74, 6) is -3.52. The molecule has 0 radical (unpaired) electrons. The fourth-order valence-corrected chi connectivity index (χ4v) is 2.88. The third kappa shape index (κ3) is 4.93. The summed E-state index contributed by atoms with van der Waals surface area (Å²) in [5.41, 5.74) is 0.925. The Morgan fingerprint density at radius 1 is 1.00 bits per heavy atom. The normalized spacial score (nSPS) is 11.6. The van der Waals surface area contributed by atoms with Crippen molar-refractivity contribution in [2.75, 3.05) is 0 Å². The van der Waals surface area contributed by atoms with Crippen molar-refractivity contribution in [2.45, 2.75) is 13.0 Å². The quantitative estimate of drug-likeness (QED) is 0.532. The standard InChI is InChI=1S/C22H16ClF2NO4/c1-12(13-2-4-14(5-3-13)22(28)29)26-21(27)17-10-15(23)6-9-20(17)30-16-7-8-18(24)19(25)11-16/h2-12H,1H3,(H,26,27)(H,28,29)/t12-/m0/s1. The van der Waals surface area contributed by atoms with Gasteiger partial charge in [0.2, 0.25) is 0 Å². The van der Waals surface area contributed by atoms with Crippen molar-refractivity contribution >= 4 is 23.5 Å². The highest BCUT2D eigenvalue weighted by molar-refractivity contribution is 6.31. The van der Waals surface area contributed by atoms with E-state index >= 15 is 0 Å². The molecule has 0 heterocycles. The first-order chi connectivity index (χ1) is 14.2. The number of hydrogen-bond donors (Lipinski definition) is 2. The topological polar surface area (TPSA) is 75.6 Å². The molecular weight excluding hydrogens is 416 g/mol. The Balaban J connectivity index is 1.81. The third-order valence-electron chi connectivity index (χ3n) is 4.31. The van der Waals surface area contributed by atoms with Crippen LogP contribution in [0.1, 0.15) is 39.2 Å². The Hall–Kier alpha value is -3.45. The maximum absolute atomic E-state index is 13.5. The van der Waals surface area contributed by atoms with Crippen LogP contribution in [-0.4, -0.2) is 17.0 Å². The average molecular weight is 432 g/mol. The van der Waals surface area contributed by atoms with Gasteiger partial charge in [0.25, 0.3) is 5.91 Å². The van der Waals surface area contributed by atoms with E-state index in [0.29, 0.717) is 5.56 Å². The van der Waals surface area contributed by atoms with Crippen molar-refractivity contribution in [2.24, 2.45) is 0 Å². The Bertz CT molecular complexity index is 1100. The average Bonchev–Trinajstić information content (AvgIpc) is 2.72. The number of benzene rings is 3. The Morgan fingerprint density at radius 2 is 1.70 bits per heavy atom. The number of nitrogens with one attached hydrogen (secondary N) is 1. The zero-order valence-corrected chi connectivity index (χ0v) is 16.4. The molecule has 0 aliphatic rings. The second-order valence-corrected chi connectivity index (χ2v) is 6.88. The lowest BCUT2D eigenvalue weighted by molar-refractivity contribution is 0.0696. The predicted molar refractivity (Wildman–Crippen MR) is 107 cm³/mol. The number of carbonyl (C=O) groups excluding carboxylic acids is 1. The van der Waals surface area contributed by atoms with Gasteiger partial charge < -0.3 is 15.2 Å². The molecule has 1 atom stereocenters. The summed E-state index contributed by atoms with van der Waals surface area (Å²) in [6, 6.07) is 13.0. The number of carbonyl (C=O) groups is 2. The van der Waals surface area contributed by atoms with Crippen LogP contribution < -0.4 is 10.1 Å². The number of aromatic carboxylic acids is 1. The minimum absolute atomic E-state index is 0.0163. The molecule has 1 amide bonds. The van der Waals surface area contributed by atoms with Gasteiger partial charge in [0, 0.05) is 11.1 Å². The molecule has 2 N–H and O–H groups in total.